The summed E-state index contributed by atoms with van der Waals surface area (Å²) in [7, 11) is 0. The molecule has 3 rings (SSSR count). The van der Waals surface area contributed by atoms with Gasteiger partial charge in [0, 0.05) is 5.69 Å². The van der Waals surface area contributed by atoms with Gasteiger partial charge in [-0.05, 0) is 38.1 Å². The number of anilines is 3. The lowest BCUT2D eigenvalue weighted by Crippen LogP contribution is -2.47. The van der Waals surface area contributed by atoms with Crippen LogP contribution in [0.1, 0.15) is 13.8 Å². The SMILES string of the molecule is CC1(C)Nc2ccccc2N(c2ccccc2)C(=O)C1Cl. The summed E-state index contributed by atoms with van der Waals surface area (Å²) < 4.78 is 0. The molecule has 0 bridgehead atoms. The van der Waals surface area contributed by atoms with E-state index in [9.17, 15) is 4.79 Å². The van der Waals surface area contributed by atoms with Gasteiger partial charge in [0.15, 0.2) is 0 Å². The molecule has 1 atom stereocenters. The quantitative estimate of drug-likeness (QED) is 0.802. The predicted molar refractivity (Wildman–Crippen MR) is 87.4 cm³/mol. The highest BCUT2D eigenvalue weighted by atomic mass is 35.5. The molecule has 0 radical (unpaired) electrons. The van der Waals surface area contributed by atoms with Crippen molar-refractivity contribution in [3.63, 3.8) is 0 Å². The summed E-state index contributed by atoms with van der Waals surface area (Å²) >= 11 is 6.44. The molecule has 1 amide bonds. The van der Waals surface area contributed by atoms with Crippen molar-refractivity contribution in [2.75, 3.05) is 10.2 Å². The maximum atomic E-state index is 12.9. The summed E-state index contributed by atoms with van der Waals surface area (Å²) in [5.41, 5.74) is 2.02. The second-order valence-corrected chi connectivity index (χ2v) is 6.17. The number of nitrogens with zero attached hydrogens (tertiary/aromatic N) is 1. The van der Waals surface area contributed by atoms with Crippen LogP contribution in [0.3, 0.4) is 0 Å². The fourth-order valence-electron chi connectivity index (χ4n) is 2.57. The Morgan fingerprint density at radius 2 is 1.67 bits per heavy atom. The van der Waals surface area contributed by atoms with Gasteiger partial charge in [-0.25, -0.2) is 0 Å². The van der Waals surface area contributed by atoms with Crippen LogP contribution in [0.4, 0.5) is 17.1 Å². The molecule has 0 saturated heterocycles. The number of halogens is 1. The number of hydrogen-bond donors (Lipinski definition) is 1. The molecule has 0 fully saturated rings. The van der Waals surface area contributed by atoms with Gasteiger partial charge in [0.2, 0.25) is 0 Å². The highest BCUT2D eigenvalue weighted by Gasteiger charge is 2.41. The summed E-state index contributed by atoms with van der Waals surface area (Å²) in [4.78, 5) is 14.6. The topological polar surface area (TPSA) is 32.3 Å². The lowest BCUT2D eigenvalue weighted by molar-refractivity contribution is -0.118. The van der Waals surface area contributed by atoms with E-state index >= 15 is 0 Å². The van der Waals surface area contributed by atoms with Crippen LogP contribution in [-0.2, 0) is 4.79 Å². The number of rotatable bonds is 1. The number of para-hydroxylation sites is 3. The minimum Gasteiger partial charge on any atom is -0.376 e. The monoisotopic (exact) mass is 300 g/mol. The Morgan fingerprint density at radius 3 is 2.38 bits per heavy atom. The van der Waals surface area contributed by atoms with Crippen LogP contribution in [0.5, 0.6) is 0 Å². The standard InChI is InChI=1S/C17H17ClN2O/c1-17(2)15(18)16(21)20(12-8-4-3-5-9-12)14-11-7-6-10-13(14)19-17/h3-11,15,19H,1-2H3. The number of nitrogens with one attached hydrogen (secondary N) is 1. The van der Waals surface area contributed by atoms with Gasteiger partial charge in [0.1, 0.15) is 5.38 Å². The van der Waals surface area contributed by atoms with E-state index in [1.165, 1.54) is 0 Å². The van der Waals surface area contributed by atoms with Crippen molar-refractivity contribution in [1.82, 2.24) is 0 Å². The molecule has 1 heterocycles. The Labute approximate surface area is 129 Å². The van der Waals surface area contributed by atoms with Crippen LogP contribution in [0.25, 0.3) is 0 Å². The molecular weight excluding hydrogens is 284 g/mol. The van der Waals surface area contributed by atoms with Gasteiger partial charge in [-0.3, -0.25) is 9.69 Å². The molecule has 0 aliphatic carbocycles. The average Bonchev–Trinajstić information content (AvgIpc) is 2.55. The smallest absolute Gasteiger partial charge is 0.252 e. The first-order valence-electron chi connectivity index (χ1n) is 6.91. The van der Waals surface area contributed by atoms with E-state index in [0.29, 0.717) is 0 Å². The second kappa shape index (κ2) is 5.08. The van der Waals surface area contributed by atoms with Crippen LogP contribution < -0.4 is 10.2 Å². The molecular formula is C17H17ClN2O. The van der Waals surface area contributed by atoms with Gasteiger partial charge in [-0.15, -0.1) is 11.6 Å². The third-order valence-corrected chi connectivity index (χ3v) is 4.42. The maximum absolute atomic E-state index is 12.9. The fourth-order valence-corrected chi connectivity index (χ4v) is 2.72. The van der Waals surface area contributed by atoms with Crippen molar-refractivity contribution < 1.29 is 4.79 Å². The Kier molecular flexibility index (Phi) is 3.38. The Bertz CT molecular complexity index is 670. The number of fused-ring (bicyclic) bond motifs is 1. The third kappa shape index (κ3) is 2.38. The molecule has 2 aromatic carbocycles. The van der Waals surface area contributed by atoms with E-state index in [1.54, 1.807) is 4.90 Å². The minimum absolute atomic E-state index is 0.120. The first-order valence-corrected chi connectivity index (χ1v) is 7.34. The summed E-state index contributed by atoms with van der Waals surface area (Å²) in [5, 5.41) is 2.72. The first kappa shape index (κ1) is 14.0. The van der Waals surface area contributed by atoms with Crippen LogP contribution in [-0.4, -0.2) is 16.8 Å². The average molecular weight is 301 g/mol. The summed E-state index contributed by atoms with van der Waals surface area (Å²) in [6, 6.07) is 17.4. The molecule has 3 nitrogen and oxygen atoms in total. The Morgan fingerprint density at radius 1 is 1.05 bits per heavy atom. The lowest BCUT2D eigenvalue weighted by atomic mass is 9.99. The van der Waals surface area contributed by atoms with E-state index in [0.717, 1.165) is 17.1 Å². The third-order valence-electron chi connectivity index (χ3n) is 3.69. The molecule has 21 heavy (non-hydrogen) atoms. The van der Waals surface area contributed by atoms with E-state index in [4.69, 9.17) is 11.6 Å². The van der Waals surface area contributed by atoms with E-state index < -0.39 is 10.9 Å². The van der Waals surface area contributed by atoms with Crippen molar-refractivity contribution in [2.45, 2.75) is 24.8 Å². The lowest BCUT2D eigenvalue weighted by Gasteiger charge is -2.29. The molecule has 0 saturated carbocycles. The normalized spacial score (nSPS) is 20.4. The zero-order valence-corrected chi connectivity index (χ0v) is 12.8. The van der Waals surface area contributed by atoms with Crippen LogP contribution in [0.2, 0.25) is 0 Å². The molecule has 1 N–H and O–H groups in total. The van der Waals surface area contributed by atoms with E-state index in [-0.39, 0.29) is 5.91 Å². The van der Waals surface area contributed by atoms with Crippen LogP contribution >= 0.6 is 11.6 Å². The summed E-state index contributed by atoms with van der Waals surface area (Å²) in [6.45, 7) is 3.88. The predicted octanol–water partition coefficient (Wildman–Crippen LogP) is 4.16. The number of carbonyl (C=O) groups excluding carboxylic acids is 1. The molecule has 108 valence electrons. The Hall–Kier alpha value is -2.00. The first-order chi connectivity index (χ1) is 10.0. The number of hydrogen-bond acceptors (Lipinski definition) is 2. The molecule has 4 heteroatoms. The molecule has 0 aromatic heterocycles. The number of benzene rings is 2. The van der Waals surface area contributed by atoms with Crippen LogP contribution in [0, 0.1) is 0 Å². The van der Waals surface area contributed by atoms with Gasteiger partial charge >= 0.3 is 0 Å². The molecule has 1 aliphatic rings. The van der Waals surface area contributed by atoms with E-state index in [2.05, 4.69) is 5.32 Å². The van der Waals surface area contributed by atoms with Gasteiger partial charge in [0.05, 0.1) is 16.9 Å². The van der Waals surface area contributed by atoms with Crippen molar-refractivity contribution in [3.05, 3.63) is 54.6 Å². The maximum Gasteiger partial charge on any atom is 0.252 e. The largest absolute Gasteiger partial charge is 0.376 e. The fraction of sp³-hybridized carbons (Fsp3) is 0.235. The highest BCUT2D eigenvalue weighted by molar-refractivity contribution is 6.35. The number of amides is 1. The molecule has 0 spiro atoms. The molecule has 1 aliphatic heterocycles. The van der Waals surface area contributed by atoms with Crippen molar-refractivity contribution in [1.29, 1.82) is 0 Å². The zero-order valence-electron chi connectivity index (χ0n) is 12.0. The van der Waals surface area contributed by atoms with Crippen LogP contribution in [0.15, 0.2) is 54.6 Å². The van der Waals surface area contributed by atoms with Crippen molar-refractivity contribution in [2.24, 2.45) is 0 Å². The summed E-state index contributed by atoms with van der Waals surface area (Å²) in [5.74, 6) is -0.120. The Balaban J connectivity index is 2.20. The number of carbonyl (C=O) groups is 1. The van der Waals surface area contributed by atoms with E-state index in [1.807, 2.05) is 68.4 Å². The number of alkyl halides is 1. The van der Waals surface area contributed by atoms with Crippen molar-refractivity contribution >= 4 is 34.6 Å². The second-order valence-electron chi connectivity index (χ2n) is 5.74. The summed E-state index contributed by atoms with van der Waals surface area (Å²) in [6.07, 6.45) is 0. The zero-order chi connectivity index (χ0) is 15.0. The van der Waals surface area contributed by atoms with Crippen molar-refractivity contribution in [3.8, 4) is 0 Å². The molecule has 2 aromatic rings. The minimum atomic E-state index is -0.662. The van der Waals surface area contributed by atoms with Gasteiger partial charge in [-0.1, -0.05) is 30.3 Å². The van der Waals surface area contributed by atoms with Gasteiger partial charge in [-0.2, -0.15) is 0 Å². The van der Waals surface area contributed by atoms with Gasteiger partial charge in [0.25, 0.3) is 5.91 Å². The van der Waals surface area contributed by atoms with Gasteiger partial charge < -0.3 is 5.32 Å². The highest BCUT2D eigenvalue weighted by Crippen LogP contribution is 2.39. The molecule has 1 unspecified atom stereocenters.